The number of hydrogen-bond acceptors (Lipinski definition) is 2. The van der Waals surface area contributed by atoms with E-state index in [0.29, 0.717) is 15.0 Å². The zero-order chi connectivity index (χ0) is 7.98. The fourth-order valence-corrected chi connectivity index (χ4v) is 3.86. The minimum absolute atomic E-state index is 0.161. The van der Waals surface area contributed by atoms with Gasteiger partial charge in [-0.25, -0.2) is 0 Å². The summed E-state index contributed by atoms with van der Waals surface area (Å²) in [6.45, 7) is 0. The Labute approximate surface area is 73.7 Å². The van der Waals surface area contributed by atoms with E-state index in [1.54, 1.807) is 0 Å². The van der Waals surface area contributed by atoms with Crippen molar-refractivity contribution in [1.82, 2.24) is 0 Å². The van der Waals surface area contributed by atoms with Gasteiger partial charge < -0.3 is 0 Å². The number of carbonyl (C=O) groups excluding carboxylic acids is 1. The van der Waals surface area contributed by atoms with Crippen LogP contribution in [0.1, 0.15) is 0 Å². The van der Waals surface area contributed by atoms with Gasteiger partial charge in [-0.15, -0.1) is 0 Å². The summed E-state index contributed by atoms with van der Waals surface area (Å²) < 4.78 is 5.43. The van der Waals surface area contributed by atoms with Gasteiger partial charge in [0.15, 0.2) is 0 Å². The van der Waals surface area contributed by atoms with Crippen LogP contribution in [0.25, 0.3) is 0 Å². The van der Waals surface area contributed by atoms with Crippen molar-refractivity contribution in [1.29, 1.82) is 0 Å². The number of ether oxygens (including phenoxy) is 1. The normalized spacial score (nSPS) is 11.3. The van der Waals surface area contributed by atoms with E-state index in [-0.39, 0.29) is 20.9 Å². The average molecular weight is 272 g/mol. The van der Waals surface area contributed by atoms with E-state index in [0.717, 1.165) is 4.47 Å². The van der Waals surface area contributed by atoms with E-state index in [1.807, 2.05) is 10.8 Å². The second-order valence-electron chi connectivity index (χ2n) is 1.41. The van der Waals surface area contributed by atoms with Gasteiger partial charge in [0.1, 0.15) is 0 Å². The van der Waals surface area contributed by atoms with E-state index in [2.05, 4.69) is 10.6 Å². The molecule has 2 nitrogen and oxygen atoms in total. The molecule has 0 aliphatic rings. The molecule has 0 aromatic rings. The van der Waals surface area contributed by atoms with Crippen molar-refractivity contribution in [3.8, 4) is 0 Å². The fraction of sp³-hybridized carbons (Fsp3) is 0.500. The van der Waals surface area contributed by atoms with E-state index in [4.69, 9.17) is 0 Å². The van der Waals surface area contributed by atoms with Gasteiger partial charge in [0.05, 0.1) is 0 Å². The predicted molar refractivity (Wildman–Crippen MR) is 43.3 cm³/mol. The maximum absolute atomic E-state index is 10.9. The molecule has 0 atom stereocenters. The van der Waals surface area contributed by atoms with Crippen molar-refractivity contribution < 1.29 is 9.53 Å². The molecular weight excluding hydrogens is 262 g/mol. The Bertz CT molecular complexity index is 143. The Hall–Kier alpha value is 0.249. The Morgan fingerprint density at radius 1 is 1.50 bits per heavy atom. The molecule has 0 aromatic heterocycles. The van der Waals surface area contributed by atoms with Crippen LogP contribution in [0.4, 0.5) is 0 Å². The zero-order valence-corrected chi connectivity index (χ0v) is 9.64. The SMILES string of the molecule is COC(=O)/C(=C/[Se]C)[Se]C. The summed E-state index contributed by atoms with van der Waals surface area (Å²) in [4.78, 5) is 12.9. The molecule has 0 radical (unpaired) electrons. The van der Waals surface area contributed by atoms with Crippen LogP contribution in [0.15, 0.2) is 9.45 Å². The molecule has 4 heteroatoms. The van der Waals surface area contributed by atoms with Gasteiger partial charge in [0.25, 0.3) is 0 Å². The number of carbonyl (C=O) groups is 1. The number of methoxy groups -OCH3 is 1. The Kier molecular flexibility index (Phi) is 6.14. The van der Waals surface area contributed by atoms with Crippen molar-refractivity contribution >= 4 is 35.9 Å². The van der Waals surface area contributed by atoms with Crippen LogP contribution < -0.4 is 0 Å². The predicted octanol–water partition coefficient (Wildman–Crippen LogP) is 0.505. The minimum atomic E-state index is -0.161. The second-order valence-corrected chi connectivity index (χ2v) is 4.68. The molecule has 0 heterocycles. The van der Waals surface area contributed by atoms with Crippen molar-refractivity contribution in [2.24, 2.45) is 0 Å². The topological polar surface area (TPSA) is 26.3 Å². The van der Waals surface area contributed by atoms with E-state index >= 15 is 0 Å². The van der Waals surface area contributed by atoms with Crippen LogP contribution in [0.2, 0.25) is 11.6 Å². The molecule has 10 heavy (non-hydrogen) atoms. The molecule has 0 fully saturated rings. The first-order chi connectivity index (χ1) is 4.76. The van der Waals surface area contributed by atoms with Gasteiger partial charge in [-0.3, -0.25) is 0 Å². The van der Waals surface area contributed by atoms with E-state index in [1.165, 1.54) is 7.11 Å². The third kappa shape index (κ3) is 3.43. The molecule has 0 spiro atoms. The summed E-state index contributed by atoms with van der Waals surface area (Å²) >= 11 is 0.701. The van der Waals surface area contributed by atoms with Crippen LogP contribution in [-0.2, 0) is 9.53 Å². The molecular formula is C6H10O2Se2. The number of esters is 1. The molecule has 0 N–H and O–H groups in total. The quantitative estimate of drug-likeness (QED) is 0.425. The Balaban J connectivity index is 4.06. The van der Waals surface area contributed by atoms with Gasteiger partial charge >= 0.3 is 73.6 Å². The molecule has 0 amide bonds. The molecule has 0 aliphatic heterocycles. The molecule has 0 saturated carbocycles. The van der Waals surface area contributed by atoms with Gasteiger partial charge in [-0.2, -0.15) is 0 Å². The van der Waals surface area contributed by atoms with Gasteiger partial charge in [-0.1, -0.05) is 0 Å². The Morgan fingerprint density at radius 3 is 2.40 bits per heavy atom. The van der Waals surface area contributed by atoms with Crippen LogP contribution in [0.5, 0.6) is 0 Å². The molecule has 58 valence electrons. The van der Waals surface area contributed by atoms with Crippen molar-refractivity contribution in [3.05, 3.63) is 9.45 Å². The van der Waals surface area contributed by atoms with Crippen LogP contribution in [0, 0.1) is 0 Å². The molecule has 0 bridgehead atoms. The summed E-state index contributed by atoms with van der Waals surface area (Å²) in [6.07, 6.45) is 0. The summed E-state index contributed by atoms with van der Waals surface area (Å²) in [5, 5.41) is 0. The first-order valence-electron chi connectivity index (χ1n) is 2.61. The van der Waals surface area contributed by atoms with Crippen molar-refractivity contribution in [2.45, 2.75) is 11.6 Å². The molecule has 0 aliphatic carbocycles. The Morgan fingerprint density at radius 2 is 2.10 bits per heavy atom. The third-order valence-electron chi connectivity index (χ3n) is 0.831. The van der Waals surface area contributed by atoms with Gasteiger partial charge in [0, 0.05) is 0 Å². The van der Waals surface area contributed by atoms with Crippen LogP contribution in [0.3, 0.4) is 0 Å². The van der Waals surface area contributed by atoms with Crippen LogP contribution in [-0.4, -0.2) is 43.0 Å². The standard InChI is InChI=1S/C6H10O2Se2/c1-8-6(7)5(10-3)4-9-2/h4H,1-3H3/b5-4-. The fourth-order valence-electron chi connectivity index (χ4n) is 0.387. The van der Waals surface area contributed by atoms with Gasteiger partial charge in [-0.05, 0) is 0 Å². The van der Waals surface area contributed by atoms with E-state index in [9.17, 15) is 4.79 Å². The van der Waals surface area contributed by atoms with Crippen LogP contribution >= 0.6 is 0 Å². The monoisotopic (exact) mass is 274 g/mol. The first kappa shape index (κ1) is 10.2. The summed E-state index contributed by atoms with van der Waals surface area (Å²) in [7, 11) is 1.42. The third-order valence-corrected chi connectivity index (χ3v) is 4.10. The number of hydrogen-bond donors (Lipinski definition) is 0. The summed E-state index contributed by atoms with van der Waals surface area (Å²) in [5.41, 5.74) is 0. The molecule has 0 unspecified atom stereocenters. The first-order valence-corrected chi connectivity index (χ1v) is 7.88. The van der Waals surface area contributed by atoms with Gasteiger partial charge in [0.2, 0.25) is 0 Å². The molecule has 0 saturated heterocycles. The van der Waals surface area contributed by atoms with E-state index < -0.39 is 0 Å². The number of rotatable bonds is 3. The second kappa shape index (κ2) is 5.99. The molecule has 0 aromatic carbocycles. The maximum atomic E-state index is 10.9. The average Bonchev–Trinajstić information content (AvgIpc) is 1.99. The van der Waals surface area contributed by atoms with Crippen molar-refractivity contribution in [3.63, 3.8) is 0 Å². The molecule has 0 rings (SSSR count). The summed E-state index contributed by atoms with van der Waals surface area (Å²) in [6, 6.07) is 0. The van der Waals surface area contributed by atoms with Crippen molar-refractivity contribution in [2.75, 3.05) is 7.11 Å². The zero-order valence-electron chi connectivity index (χ0n) is 6.21. The summed E-state index contributed by atoms with van der Waals surface area (Å²) in [5.74, 6) is 3.93.